The molecule has 0 aliphatic carbocycles. The Kier molecular flexibility index (Phi) is 4.63. The van der Waals surface area contributed by atoms with Crippen LogP contribution in [0.15, 0.2) is 48.6 Å². The molecule has 0 aliphatic heterocycles. The first-order valence-electron chi connectivity index (χ1n) is 6.67. The maximum Gasteiger partial charge on any atom is 0.178 e. The van der Waals surface area contributed by atoms with E-state index >= 15 is 0 Å². The highest BCUT2D eigenvalue weighted by Crippen LogP contribution is 2.25. The van der Waals surface area contributed by atoms with Gasteiger partial charge in [0.25, 0.3) is 0 Å². The number of carbonyl (C=O) groups excluding carboxylic acids is 1. The quantitative estimate of drug-likeness (QED) is 0.597. The Morgan fingerprint density at radius 2 is 1.36 bits per heavy atom. The van der Waals surface area contributed by atoms with Crippen LogP contribution in [0.1, 0.15) is 16.7 Å². The van der Waals surface area contributed by atoms with Crippen molar-refractivity contribution in [1.29, 1.82) is 0 Å². The molecule has 0 atom stereocenters. The number of ketones is 1. The van der Waals surface area contributed by atoms with Crippen LogP contribution in [-0.4, -0.2) is 21.1 Å². The van der Waals surface area contributed by atoms with Crippen LogP contribution in [0.25, 0.3) is 12.2 Å². The zero-order valence-corrected chi connectivity index (χ0v) is 12.0. The zero-order chi connectivity index (χ0) is 16.1. The number of aromatic hydroxyl groups is 3. The molecule has 2 aromatic carbocycles. The van der Waals surface area contributed by atoms with E-state index in [4.69, 9.17) is 0 Å². The fraction of sp³-hybridized carbons (Fsp3) is 0.0556. The molecule has 2 aromatic rings. The molecule has 3 N–H and O–H groups in total. The Bertz CT molecular complexity index is 694. The van der Waals surface area contributed by atoms with E-state index < -0.39 is 0 Å². The molecule has 0 heterocycles. The number of rotatable bonds is 4. The van der Waals surface area contributed by atoms with Crippen molar-refractivity contribution in [3.8, 4) is 17.2 Å². The lowest BCUT2D eigenvalue weighted by atomic mass is 10.1. The molecule has 0 unspecified atom stereocenters. The number of hydrogen-bond donors (Lipinski definition) is 3. The molecule has 4 nitrogen and oxygen atoms in total. The molecule has 0 saturated carbocycles. The summed E-state index contributed by atoms with van der Waals surface area (Å²) in [7, 11) is 0. The van der Waals surface area contributed by atoms with Crippen LogP contribution in [0.4, 0.5) is 0 Å². The van der Waals surface area contributed by atoms with Crippen molar-refractivity contribution in [2.75, 3.05) is 0 Å². The largest absolute Gasteiger partial charge is 0.508 e. The maximum absolute atomic E-state index is 11.7. The van der Waals surface area contributed by atoms with Crippen LogP contribution in [-0.2, 0) is 4.79 Å². The first-order chi connectivity index (χ1) is 10.5. The van der Waals surface area contributed by atoms with E-state index in [1.807, 2.05) is 0 Å². The van der Waals surface area contributed by atoms with Gasteiger partial charge in [-0.3, -0.25) is 4.79 Å². The summed E-state index contributed by atoms with van der Waals surface area (Å²) in [5.41, 5.74) is 2.10. The van der Waals surface area contributed by atoms with Gasteiger partial charge >= 0.3 is 0 Å². The SMILES string of the molecule is Cc1ccc(/C=C/C(=O)/C=C/c2ccc(O)c(O)c2)cc1O. The summed E-state index contributed by atoms with van der Waals surface area (Å²) in [6.07, 6.45) is 5.90. The Hall–Kier alpha value is -3.01. The summed E-state index contributed by atoms with van der Waals surface area (Å²) in [6.45, 7) is 1.80. The van der Waals surface area contributed by atoms with Gasteiger partial charge in [0.2, 0.25) is 0 Å². The standard InChI is InChI=1S/C18H16O4/c1-12-2-3-13(10-17(12)21)4-7-15(19)8-5-14-6-9-16(20)18(22)11-14/h2-11,20-22H,1H3/b7-4+,8-5+. The smallest absolute Gasteiger partial charge is 0.178 e. The van der Waals surface area contributed by atoms with E-state index in [0.29, 0.717) is 5.56 Å². The molecule has 0 saturated heterocycles. The molecular formula is C18H16O4. The van der Waals surface area contributed by atoms with Gasteiger partial charge in [-0.05, 0) is 54.0 Å². The molecule has 2 rings (SSSR count). The number of benzene rings is 2. The summed E-state index contributed by atoms with van der Waals surface area (Å²) < 4.78 is 0. The van der Waals surface area contributed by atoms with Crippen LogP contribution in [0.3, 0.4) is 0 Å². The van der Waals surface area contributed by atoms with E-state index in [1.165, 1.54) is 24.3 Å². The van der Waals surface area contributed by atoms with Crippen molar-refractivity contribution in [3.63, 3.8) is 0 Å². The van der Waals surface area contributed by atoms with E-state index in [0.717, 1.165) is 11.1 Å². The van der Waals surface area contributed by atoms with Crippen molar-refractivity contribution in [2.45, 2.75) is 6.92 Å². The number of allylic oxidation sites excluding steroid dienone is 2. The second-order valence-electron chi connectivity index (χ2n) is 4.86. The normalized spacial score (nSPS) is 11.3. The van der Waals surface area contributed by atoms with Crippen LogP contribution in [0.2, 0.25) is 0 Å². The monoisotopic (exact) mass is 296 g/mol. The van der Waals surface area contributed by atoms with Gasteiger partial charge in [0.15, 0.2) is 17.3 Å². The molecule has 0 aliphatic rings. The molecular weight excluding hydrogens is 280 g/mol. The average Bonchev–Trinajstić information content (AvgIpc) is 2.49. The minimum atomic E-state index is -0.236. The van der Waals surface area contributed by atoms with Crippen LogP contribution >= 0.6 is 0 Å². The molecule has 0 radical (unpaired) electrons. The summed E-state index contributed by atoms with van der Waals surface area (Å²) in [5, 5.41) is 28.1. The van der Waals surface area contributed by atoms with Crippen LogP contribution < -0.4 is 0 Å². The molecule has 0 aromatic heterocycles. The number of hydrogen-bond acceptors (Lipinski definition) is 4. The van der Waals surface area contributed by atoms with E-state index in [-0.39, 0.29) is 23.0 Å². The van der Waals surface area contributed by atoms with Crippen molar-refractivity contribution < 1.29 is 20.1 Å². The third-order valence-electron chi connectivity index (χ3n) is 3.11. The first-order valence-corrected chi connectivity index (χ1v) is 6.67. The topological polar surface area (TPSA) is 77.8 Å². The highest BCUT2D eigenvalue weighted by atomic mass is 16.3. The van der Waals surface area contributed by atoms with Crippen LogP contribution in [0, 0.1) is 6.92 Å². The third kappa shape index (κ3) is 3.99. The summed E-state index contributed by atoms with van der Waals surface area (Å²) in [5.74, 6) is -0.486. The Morgan fingerprint density at radius 1 is 0.818 bits per heavy atom. The van der Waals surface area contributed by atoms with Gasteiger partial charge in [0.05, 0.1) is 0 Å². The fourth-order valence-electron chi connectivity index (χ4n) is 1.79. The molecule has 0 bridgehead atoms. The van der Waals surface area contributed by atoms with Crippen molar-refractivity contribution >= 4 is 17.9 Å². The van der Waals surface area contributed by atoms with Gasteiger partial charge in [0, 0.05) is 0 Å². The van der Waals surface area contributed by atoms with Crippen LogP contribution in [0.5, 0.6) is 17.2 Å². The molecule has 0 fully saturated rings. The molecule has 0 spiro atoms. The summed E-state index contributed by atoms with van der Waals surface area (Å²) in [4.78, 5) is 11.7. The number of aryl methyl sites for hydroxylation is 1. The molecule has 0 amide bonds. The third-order valence-corrected chi connectivity index (χ3v) is 3.11. The van der Waals surface area contributed by atoms with E-state index in [1.54, 1.807) is 43.3 Å². The van der Waals surface area contributed by atoms with Gasteiger partial charge in [-0.2, -0.15) is 0 Å². The summed E-state index contributed by atoms with van der Waals surface area (Å²) >= 11 is 0. The van der Waals surface area contributed by atoms with Crippen molar-refractivity contribution in [3.05, 3.63) is 65.2 Å². The lowest BCUT2D eigenvalue weighted by molar-refractivity contribution is -0.110. The van der Waals surface area contributed by atoms with Crippen molar-refractivity contribution in [2.24, 2.45) is 0 Å². The van der Waals surface area contributed by atoms with Gasteiger partial charge < -0.3 is 15.3 Å². The van der Waals surface area contributed by atoms with Gasteiger partial charge in [-0.1, -0.05) is 30.4 Å². The summed E-state index contributed by atoms with van der Waals surface area (Å²) in [6, 6.07) is 9.46. The predicted molar refractivity (Wildman–Crippen MR) is 85.7 cm³/mol. The molecule has 22 heavy (non-hydrogen) atoms. The Balaban J connectivity index is 2.05. The predicted octanol–water partition coefficient (Wildman–Crippen LogP) is 3.41. The number of phenols is 3. The minimum Gasteiger partial charge on any atom is -0.508 e. The van der Waals surface area contributed by atoms with Crippen molar-refractivity contribution in [1.82, 2.24) is 0 Å². The van der Waals surface area contributed by atoms with E-state index in [9.17, 15) is 20.1 Å². The average molecular weight is 296 g/mol. The highest BCUT2D eigenvalue weighted by molar-refractivity contribution is 6.04. The number of phenolic OH excluding ortho intramolecular Hbond substituents is 3. The Labute approximate surface area is 128 Å². The zero-order valence-electron chi connectivity index (χ0n) is 12.0. The minimum absolute atomic E-state index is 0.185. The van der Waals surface area contributed by atoms with Gasteiger partial charge in [0.1, 0.15) is 5.75 Å². The first kappa shape index (κ1) is 15.4. The fourth-order valence-corrected chi connectivity index (χ4v) is 1.79. The maximum atomic E-state index is 11.7. The lowest BCUT2D eigenvalue weighted by Gasteiger charge is -1.99. The van der Waals surface area contributed by atoms with E-state index in [2.05, 4.69) is 0 Å². The highest BCUT2D eigenvalue weighted by Gasteiger charge is 1.99. The lowest BCUT2D eigenvalue weighted by Crippen LogP contribution is -1.85. The second-order valence-corrected chi connectivity index (χ2v) is 4.86. The van der Waals surface area contributed by atoms with Gasteiger partial charge in [-0.15, -0.1) is 0 Å². The molecule has 4 heteroatoms. The second kappa shape index (κ2) is 6.63. The van der Waals surface area contributed by atoms with Gasteiger partial charge in [-0.25, -0.2) is 0 Å². The Morgan fingerprint density at radius 3 is 1.91 bits per heavy atom. The molecule has 112 valence electrons. The number of carbonyl (C=O) groups is 1.